The van der Waals surface area contributed by atoms with Crippen molar-refractivity contribution in [2.75, 3.05) is 13.1 Å². The Morgan fingerprint density at radius 2 is 1.95 bits per heavy atom. The zero-order chi connectivity index (χ0) is 15.5. The molecule has 0 spiro atoms. The van der Waals surface area contributed by atoms with Crippen LogP contribution in [0.2, 0.25) is 0 Å². The third-order valence-corrected chi connectivity index (χ3v) is 4.09. The number of likely N-dealkylation sites (tertiary alicyclic amines) is 1. The summed E-state index contributed by atoms with van der Waals surface area (Å²) in [6.07, 6.45) is 4.42. The zero-order valence-corrected chi connectivity index (χ0v) is 12.7. The van der Waals surface area contributed by atoms with Crippen LogP contribution < -0.4 is 0 Å². The van der Waals surface area contributed by atoms with Crippen molar-refractivity contribution in [2.24, 2.45) is 0 Å². The summed E-state index contributed by atoms with van der Waals surface area (Å²) in [7, 11) is 0. The zero-order valence-electron chi connectivity index (χ0n) is 12.7. The summed E-state index contributed by atoms with van der Waals surface area (Å²) < 4.78 is 0. The number of hydrogen-bond acceptors (Lipinski definition) is 3. The maximum atomic E-state index is 12.6. The molecule has 1 aliphatic rings. The summed E-state index contributed by atoms with van der Waals surface area (Å²) in [4.78, 5) is 18.6. The summed E-state index contributed by atoms with van der Waals surface area (Å²) in [6.45, 7) is 3.26. The molecular weight excluding hydrogens is 276 g/mol. The van der Waals surface area contributed by atoms with Gasteiger partial charge in [0.1, 0.15) is 0 Å². The molecule has 1 amide bonds. The first kappa shape index (κ1) is 14.7. The Bertz CT molecular complexity index is 676. The van der Waals surface area contributed by atoms with Gasteiger partial charge in [0.15, 0.2) is 0 Å². The summed E-state index contributed by atoms with van der Waals surface area (Å²) >= 11 is 0. The molecule has 2 heterocycles. The lowest BCUT2D eigenvalue weighted by Crippen LogP contribution is -2.40. The molecule has 1 aromatic carbocycles. The van der Waals surface area contributed by atoms with E-state index in [9.17, 15) is 9.90 Å². The smallest absolute Gasteiger partial charge is 0.255 e. The Labute approximate surface area is 130 Å². The lowest BCUT2D eigenvalue weighted by Gasteiger charge is -2.29. The topological polar surface area (TPSA) is 53.4 Å². The molecule has 4 heteroatoms. The van der Waals surface area contributed by atoms with Gasteiger partial charge in [0.05, 0.1) is 11.7 Å². The van der Waals surface area contributed by atoms with Crippen LogP contribution in [0.3, 0.4) is 0 Å². The standard InChI is InChI=1S/C18H20N2O2/c1-13-3-2-4-14(9-13)15-10-16(12-19-11-15)18(22)20-7-5-17(21)6-8-20/h2-4,9-12,17,21H,5-8H2,1H3. The Hall–Kier alpha value is -2.20. The van der Waals surface area contributed by atoms with E-state index in [0.717, 1.165) is 11.1 Å². The van der Waals surface area contributed by atoms with Gasteiger partial charge >= 0.3 is 0 Å². The molecule has 1 aromatic heterocycles. The predicted molar refractivity (Wildman–Crippen MR) is 85.6 cm³/mol. The summed E-state index contributed by atoms with van der Waals surface area (Å²) in [5.74, 6) is -0.00565. The Kier molecular flexibility index (Phi) is 4.20. The molecule has 1 fully saturated rings. The van der Waals surface area contributed by atoms with Crippen LogP contribution in [0, 0.1) is 6.92 Å². The number of rotatable bonds is 2. The van der Waals surface area contributed by atoms with E-state index in [1.807, 2.05) is 31.2 Å². The molecule has 0 saturated carbocycles. The predicted octanol–water partition coefficient (Wildman–Crippen LogP) is 2.65. The summed E-state index contributed by atoms with van der Waals surface area (Å²) in [6, 6.07) is 10.1. The first-order chi connectivity index (χ1) is 10.6. The minimum atomic E-state index is -0.277. The molecule has 0 aliphatic carbocycles. The van der Waals surface area contributed by atoms with Crippen LogP contribution in [-0.2, 0) is 0 Å². The lowest BCUT2D eigenvalue weighted by atomic mass is 10.0. The molecule has 114 valence electrons. The van der Waals surface area contributed by atoms with Gasteiger partial charge in [0, 0.05) is 31.0 Å². The van der Waals surface area contributed by atoms with E-state index in [0.29, 0.717) is 31.5 Å². The van der Waals surface area contributed by atoms with E-state index in [4.69, 9.17) is 0 Å². The second-order valence-corrected chi connectivity index (χ2v) is 5.86. The third kappa shape index (κ3) is 3.17. The number of aliphatic hydroxyl groups excluding tert-OH is 1. The highest BCUT2D eigenvalue weighted by molar-refractivity contribution is 5.95. The molecule has 4 nitrogen and oxygen atoms in total. The SMILES string of the molecule is Cc1cccc(-c2cncc(C(=O)N3CCC(O)CC3)c2)c1. The van der Waals surface area contributed by atoms with Gasteiger partial charge in [-0.3, -0.25) is 9.78 Å². The molecule has 3 rings (SSSR count). The largest absolute Gasteiger partial charge is 0.393 e. The Balaban J connectivity index is 1.83. The molecule has 22 heavy (non-hydrogen) atoms. The molecular formula is C18H20N2O2. The van der Waals surface area contributed by atoms with Crippen molar-refractivity contribution in [3.05, 3.63) is 53.9 Å². The molecule has 1 saturated heterocycles. The molecule has 1 N–H and O–H groups in total. The minimum absolute atomic E-state index is 0.00565. The quantitative estimate of drug-likeness (QED) is 0.927. The van der Waals surface area contributed by atoms with E-state index >= 15 is 0 Å². The number of hydrogen-bond donors (Lipinski definition) is 1. The monoisotopic (exact) mass is 296 g/mol. The molecule has 0 atom stereocenters. The van der Waals surface area contributed by atoms with Crippen molar-refractivity contribution in [2.45, 2.75) is 25.9 Å². The third-order valence-electron chi connectivity index (χ3n) is 4.09. The van der Waals surface area contributed by atoms with Crippen LogP contribution in [0.5, 0.6) is 0 Å². The number of carbonyl (C=O) groups excluding carboxylic acids is 1. The normalized spacial score (nSPS) is 15.8. The number of aromatic nitrogens is 1. The fraction of sp³-hybridized carbons (Fsp3) is 0.333. The number of carbonyl (C=O) groups is 1. The van der Waals surface area contributed by atoms with Crippen molar-refractivity contribution >= 4 is 5.91 Å². The van der Waals surface area contributed by atoms with Crippen molar-refractivity contribution in [3.8, 4) is 11.1 Å². The Morgan fingerprint density at radius 1 is 1.18 bits per heavy atom. The van der Waals surface area contributed by atoms with E-state index in [1.54, 1.807) is 17.3 Å². The lowest BCUT2D eigenvalue weighted by molar-refractivity contribution is 0.0546. The fourth-order valence-corrected chi connectivity index (χ4v) is 2.79. The number of aryl methyl sites for hydroxylation is 1. The van der Waals surface area contributed by atoms with Crippen LogP contribution in [0.25, 0.3) is 11.1 Å². The van der Waals surface area contributed by atoms with Gasteiger partial charge in [0.2, 0.25) is 0 Å². The summed E-state index contributed by atoms with van der Waals surface area (Å²) in [5.41, 5.74) is 3.80. The van der Waals surface area contributed by atoms with E-state index in [1.165, 1.54) is 5.56 Å². The van der Waals surface area contributed by atoms with Gasteiger partial charge in [0.25, 0.3) is 5.91 Å². The first-order valence-electron chi connectivity index (χ1n) is 7.63. The van der Waals surface area contributed by atoms with Crippen LogP contribution in [0.1, 0.15) is 28.8 Å². The molecule has 0 bridgehead atoms. The van der Waals surface area contributed by atoms with Crippen LogP contribution in [0.15, 0.2) is 42.7 Å². The number of aliphatic hydroxyl groups is 1. The van der Waals surface area contributed by atoms with Crippen LogP contribution >= 0.6 is 0 Å². The van der Waals surface area contributed by atoms with Gasteiger partial charge < -0.3 is 10.0 Å². The molecule has 0 unspecified atom stereocenters. The van der Waals surface area contributed by atoms with Crippen LogP contribution in [0.4, 0.5) is 0 Å². The molecule has 1 aliphatic heterocycles. The highest BCUT2D eigenvalue weighted by Gasteiger charge is 2.22. The average molecular weight is 296 g/mol. The molecule has 0 radical (unpaired) electrons. The second kappa shape index (κ2) is 6.28. The first-order valence-corrected chi connectivity index (χ1v) is 7.63. The highest BCUT2D eigenvalue weighted by atomic mass is 16.3. The minimum Gasteiger partial charge on any atom is -0.393 e. The number of amides is 1. The van der Waals surface area contributed by atoms with Crippen LogP contribution in [-0.4, -0.2) is 40.1 Å². The Morgan fingerprint density at radius 3 is 2.68 bits per heavy atom. The van der Waals surface area contributed by atoms with Gasteiger partial charge in [-0.1, -0.05) is 29.8 Å². The van der Waals surface area contributed by atoms with Gasteiger partial charge in [-0.15, -0.1) is 0 Å². The average Bonchev–Trinajstić information content (AvgIpc) is 2.55. The second-order valence-electron chi connectivity index (χ2n) is 5.86. The van der Waals surface area contributed by atoms with E-state index in [2.05, 4.69) is 11.1 Å². The number of nitrogens with zero attached hydrogens (tertiary/aromatic N) is 2. The molecule has 2 aromatic rings. The van der Waals surface area contributed by atoms with E-state index < -0.39 is 0 Å². The van der Waals surface area contributed by atoms with Crippen molar-refractivity contribution in [3.63, 3.8) is 0 Å². The van der Waals surface area contributed by atoms with Crippen molar-refractivity contribution < 1.29 is 9.90 Å². The van der Waals surface area contributed by atoms with Crippen molar-refractivity contribution in [1.29, 1.82) is 0 Å². The maximum absolute atomic E-state index is 12.6. The highest BCUT2D eigenvalue weighted by Crippen LogP contribution is 2.22. The van der Waals surface area contributed by atoms with Crippen molar-refractivity contribution in [1.82, 2.24) is 9.88 Å². The number of benzene rings is 1. The number of pyridine rings is 1. The fourth-order valence-electron chi connectivity index (χ4n) is 2.79. The number of piperidine rings is 1. The summed E-state index contributed by atoms with van der Waals surface area (Å²) in [5, 5.41) is 9.55. The van der Waals surface area contributed by atoms with Gasteiger partial charge in [-0.25, -0.2) is 0 Å². The van der Waals surface area contributed by atoms with Gasteiger partial charge in [-0.05, 0) is 31.4 Å². The maximum Gasteiger partial charge on any atom is 0.255 e. The van der Waals surface area contributed by atoms with E-state index in [-0.39, 0.29) is 12.0 Å². The van der Waals surface area contributed by atoms with Gasteiger partial charge in [-0.2, -0.15) is 0 Å².